The van der Waals surface area contributed by atoms with Crippen LogP contribution < -0.4 is 5.32 Å². The van der Waals surface area contributed by atoms with E-state index in [1.165, 1.54) is 0 Å². The quantitative estimate of drug-likeness (QED) is 0.117. The van der Waals surface area contributed by atoms with Crippen molar-refractivity contribution >= 4 is 11.9 Å². The summed E-state index contributed by atoms with van der Waals surface area (Å²) >= 11 is 0. The molecule has 2 aromatic rings. The van der Waals surface area contributed by atoms with Gasteiger partial charge in [-0.2, -0.15) is 8.78 Å². The monoisotopic (exact) mass is 558 g/mol. The smallest absolute Gasteiger partial charge is 0.386 e. The van der Waals surface area contributed by atoms with E-state index in [-0.39, 0.29) is 31.8 Å². The summed E-state index contributed by atoms with van der Waals surface area (Å²) in [6.07, 6.45) is -1.17. The minimum absolute atomic E-state index is 0.0375. The third kappa shape index (κ3) is 11.7. The average molecular weight is 559 g/mol. The first-order valence-electron chi connectivity index (χ1n) is 12.8. The largest absolute Gasteiger partial charge is 0.461 e. The van der Waals surface area contributed by atoms with E-state index in [1.54, 1.807) is 0 Å². The van der Waals surface area contributed by atoms with Crippen LogP contribution in [0.25, 0.3) is 0 Å². The number of rotatable bonds is 17. The molecule has 11 heteroatoms. The van der Waals surface area contributed by atoms with Gasteiger partial charge in [-0.1, -0.05) is 49.6 Å². The summed E-state index contributed by atoms with van der Waals surface area (Å²) in [5.41, 5.74) is -0.485. The van der Waals surface area contributed by atoms with Crippen molar-refractivity contribution in [1.82, 2.24) is 10.2 Å². The number of nitrogens with one attached hydrogen (secondary N) is 1. The van der Waals surface area contributed by atoms with Gasteiger partial charge in [0.15, 0.2) is 17.5 Å². The Bertz CT molecular complexity index is 1050. The molecule has 6 nitrogen and oxygen atoms in total. The standard InChI is InChI=1S/C28H35F5N2O4/c1-35(2)18-21(17-25(37)38-19-20-11-7-6-8-12-20)34-24(36)13-9-4-3-5-10-16-39-28(32,33)22-14-15-23(29)27(31)26(22)30/h6-8,11-12,14-15,21H,3-5,9-10,13,16-19H2,1-2H3,(H,34,36). The molecule has 0 fully saturated rings. The number of alkyl halides is 2. The normalized spacial score (nSPS) is 12.4. The van der Waals surface area contributed by atoms with Crippen molar-refractivity contribution in [2.75, 3.05) is 27.2 Å². The summed E-state index contributed by atoms with van der Waals surface area (Å²) in [6, 6.07) is 9.75. The maximum absolute atomic E-state index is 14.0. The van der Waals surface area contributed by atoms with Gasteiger partial charge >= 0.3 is 12.1 Å². The third-order valence-electron chi connectivity index (χ3n) is 5.79. The minimum Gasteiger partial charge on any atom is -0.461 e. The van der Waals surface area contributed by atoms with Crippen molar-refractivity contribution in [2.24, 2.45) is 0 Å². The topological polar surface area (TPSA) is 67.9 Å². The SMILES string of the molecule is CN(C)CC(CC(=O)OCc1ccccc1)NC(=O)CCCCCCCOC(F)(F)c1ccc(F)c(F)c1F. The number of benzene rings is 2. The van der Waals surface area contributed by atoms with Crippen LogP contribution in [0.2, 0.25) is 0 Å². The Kier molecular flexibility index (Phi) is 13.3. The van der Waals surface area contributed by atoms with E-state index < -0.39 is 47.7 Å². The number of carbonyl (C=O) groups is 2. The molecule has 216 valence electrons. The van der Waals surface area contributed by atoms with E-state index in [2.05, 4.69) is 10.1 Å². The van der Waals surface area contributed by atoms with E-state index in [9.17, 15) is 31.5 Å². The number of amides is 1. The predicted molar refractivity (Wildman–Crippen MR) is 135 cm³/mol. The zero-order valence-electron chi connectivity index (χ0n) is 22.2. The van der Waals surface area contributed by atoms with Crippen LogP contribution in [-0.4, -0.2) is 50.1 Å². The van der Waals surface area contributed by atoms with Gasteiger partial charge in [0, 0.05) is 13.0 Å². The third-order valence-corrected chi connectivity index (χ3v) is 5.79. The maximum atomic E-state index is 14.0. The zero-order valence-corrected chi connectivity index (χ0v) is 22.2. The first-order chi connectivity index (χ1) is 18.5. The molecule has 0 spiro atoms. The van der Waals surface area contributed by atoms with E-state index in [0.29, 0.717) is 44.4 Å². The Morgan fingerprint density at radius 1 is 0.923 bits per heavy atom. The fraction of sp³-hybridized carbons (Fsp3) is 0.500. The molecule has 0 bridgehead atoms. The first-order valence-corrected chi connectivity index (χ1v) is 12.8. The van der Waals surface area contributed by atoms with Crippen LogP contribution in [0.4, 0.5) is 22.0 Å². The van der Waals surface area contributed by atoms with Crippen molar-refractivity contribution in [3.8, 4) is 0 Å². The molecule has 2 rings (SSSR count). The van der Waals surface area contributed by atoms with Gasteiger partial charge in [0.2, 0.25) is 5.91 Å². The highest BCUT2D eigenvalue weighted by Gasteiger charge is 2.37. The Labute approximate surface area is 225 Å². The van der Waals surface area contributed by atoms with E-state index >= 15 is 0 Å². The molecule has 0 aliphatic rings. The van der Waals surface area contributed by atoms with Crippen molar-refractivity contribution in [2.45, 2.75) is 63.7 Å². The Hall–Kier alpha value is -3.05. The van der Waals surface area contributed by atoms with Gasteiger partial charge in [-0.3, -0.25) is 9.59 Å². The lowest BCUT2D eigenvalue weighted by Gasteiger charge is -2.22. The fourth-order valence-electron chi connectivity index (χ4n) is 3.85. The van der Waals surface area contributed by atoms with Gasteiger partial charge in [-0.15, -0.1) is 0 Å². The molecule has 1 atom stereocenters. The molecule has 0 saturated carbocycles. The summed E-state index contributed by atoms with van der Waals surface area (Å²) in [6.45, 7) is 0.219. The van der Waals surface area contributed by atoms with E-state index in [1.807, 2.05) is 49.3 Å². The molecular formula is C28H35F5N2O4. The lowest BCUT2D eigenvalue weighted by Crippen LogP contribution is -2.43. The summed E-state index contributed by atoms with van der Waals surface area (Å²) < 4.78 is 77.5. The average Bonchev–Trinajstić information content (AvgIpc) is 2.87. The second-order valence-corrected chi connectivity index (χ2v) is 9.48. The number of hydrogen-bond acceptors (Lipinski definition) is 5. The number of hydrogen-bond donors (Lipinski definition) is 1. The summed E-state index contributed by atoms with van der Waals surface area (Å²) in [4.78, 5) is 26.5. The fourth-order valence-corrected chi connectivity index (χ4v) is 3.85. The lowest BCUT2D eigenvalue weighted by atomic mass is 10.1. The van der Waals surface area contributed by atoms with E-state index in [4.69, 9.17) is 4.74 Å². The molecule has 0 heterocycles. The molecule has 1 N–H and O–H groups in total. The Morgan fingerprint density at radius 3 is 2.28 bits per heavy atom. The van der Waals surface area contributed by atoms with Crippen LogP contribution >= 0.6 is 0 Å². The van der Waals surface area contributed by atoms with Crippen molar-refractivity contribution in [3.05, 3.63) is 71.0 Å². The highest BCUT2D eigenvalue weighted by atomic mass is 19.3. The first kappa shape index (κ1) is 32.2. The number of esters is 1. The van der Waals surface area contributed by atoms with Crippen LogP contribution in [0.3, 0.4) is 0 Å². The van der Waals surface area contributed by atoms with Crippen LogP contribution in [0.5, 0.6) is 0 Å². The van der Waals surface area contributed by atoms with Crippen molar-refractivity contribution in [1.29, 1.82) is 0 Å². The predicted octanol–water partition coefficient (Wildman–Crippen LogP) is 5.69. The molecule has 0 aromatic heterocycles. The molecule has 1 unspecified atom stereocenters. The van der Waals surface area contributed by atoms with Gasteiger partial charge in [0.05, 0.1) is 24.6 Å². The molecule has 39 heavy (non-hydrogen) atoms. The minimum atomic E-state index is -4.09. The molecule has 0 aliphatic heterocycles. The molecule has 1 amide bonds. The number of carbonyl (C=O) groups excluding carboxylic acids is 2. The highest BCUT2D eigenvalue weighted by molar-refractivity contribution is 5.77. The lowest BCUT2D eigenvalue weighted by molar-refractivity contribution is -0.250. The summed E-state index contributed by atoms with van der Waals surface area (Å²) in [7, 11) is 3.67. The van der Waals surface area contributed by atoms with Gasteiger partial charge in [-0.05, 0) is 44.6 Å². The number of halogens is 5. The maximum Gasteiger partial charge on any atom is 0.386 e. The van der Waals surface area contributed by atoms with Crippen molar-refractivity contribution < 1.29 is 41.0 Å². The van der Waals surface area contributed by atoms with Gasteiger partial charge in [-0.25, -0.2) is 13.2 Å². The van der Waals surface area contributed by atoms with Crippen LogP contribution in [-0.2, 0) is 31.8 Å². The van der Waals surface area contributed by atoms with Gasteiger partial charge in [0.25, 0.3) is 0 Å². The number of unbranched alkanes of at least 4 members (excludes halogenated alkanes) is 4. The van der Waals surface area contributed by atoms with Crippen molar-refractivity contribution in [3.63, 3.8) is 0 Å². The molecule has 0 saturated heterocycles. The summed E-state index contributed by atoms with van der Waals surface area (Å²) in [5, 5.41) is 2.87. The summed E-state index contributed by atoms with van der Waals surface area (Å²) in [5.74, 6) is -6.12. The molecular weight excluding hydrogens is 523 g/mol. The van der Waals surface area contributed by atoms with Crippen LogP contribution in [0, 0.1) is 17.5 Å². The number of ether oxygens (including phenoxy) is 2. The zero-order chi connectivity index (χ0) is 28.8. The molecule has 0 aliphatic carbocycles. The molecule has 0 radical (unpaired) electrons. The number of nitrogens with zero attached hydrogens (tertiary/aromatic N) is 1. The van der Waals surface area contributed by atoms with Gasteiger partial charge in [0.1, 0.15) is 6.61 Å². The second kappa shape index (κ2) is 16.1. The van der Waals surface area contributed by atoms with Crippen LogP contribution in [0.1, 0.15) is 56.1 Å². The Balaban J connectivity index is 1.63. The highest BCUT2D eigenvalue weighted by Crippen LogP contribution is 2.33. The van der Waals surface area contributed by atoms with Crippen LogP contribution in [0.15, 0.2) is 42.5 Å². The number of likely N-dealkylation sites (N-methyl/N-ethyl adjacent to an activating group) is 1. The molecule has 2 aromatic carbocycles. The Morgan fingerprint density at radius 2 is 1.59 bits per heavy atom. The second-order valence-electron chi connectivity index (χ2n) is 9.48. The van der Waals surface area contributed by atoms with E-state index in [0.717, 1.165) is 5.56 Å². The van der Waals surface area contributed by atoms with Gasteiger partial charge < -0.3 is 19.7 Å².